The van der Waals surface area contributed by atoms with Crippen LogP contribution in [0.1, 0.15) is 11.1 Å². The minimum absolute atomic E-state index is 0.129. The summed E-state index contributed by atoms with van der Waals surface area (Å²) in [4.78, 5) is 0. The molecule has 0 radical (unpaired) electrons. The van der Waals surface area contributed by atoms with Crippen LogP contribution in [0.2, 0.25) is 10.0 Å². The van der Waals surface area contributed by atoms with E-state index in [0.717, 1.165) is 0 Å². The Morgan fingerprint density at radius 3 is 2.21 bits per heavy atom. The Hall–Kier alpha value is -0.410. The maximum atomic E-state index is 12.0. The van der Waals surface area contributed by atoms with E-state index in [4.69, 9.17) is 23.2 Å². The molecule has 14 heavy (non-hydrogen) atoms. The van der Waals surface area contributed by atoms with Crippen LogP contribution in [0.4, 0.5) is 13.2 Å². The van der Waals surface area contributed by atoms with Gasteiger partial charge in [0.05, 0.1) is 16.5 Å². The molecule has 1 aromatic carbocycles. The van der Waals surface area contributed by atoms with Crippen LogP contribution >= 0.6 is 23.2 Å². The SMILES string of the molecule is Cc1cc(CC(F)(F)F)cc(Cl)c1Cl. The first-order valence-electron chi connectivity index (χ1n) is 3.81. The zero-order valence-electron chi connectivity index (χ0n) is 7.25. The number of hydrogen-bond acceptors (Lipinski definition) is 0. The molecule has 0 atom stereocenters. The summed E-state index contributed by atoms with van der Waals surface area (Å²) in [6, 6.07) is 2.63. The van der Waals surface area contributed by atoms with Crippen molar-refractivity contribution in [3.05, 3.63) is 33.3 Å². The van der Waals surface area contributed by atoms with Crippen LogP contribution in [-0.2, 0) is 6.42 Å². The van der Waals surface area contributed by atoms with Crippen molar-refractivity contribution in [1.29, 1.82) is 0 Å². The van der Waals surface area contributed by atoms with Crippen molar-refractivity contribution < 1.29 is 13.2 Å². The Kier molecular flexibility index (Phi) is 3.32. The topological polar surface area (TPSA) is 0 Å². The van der Waals surface area contributed by atoms with Gasteiger partial charge in [-0.15, -0.1) is 0 Å². The normalized spacial score (nSPS) is 11.9. The number of rotatable bonds is 1. The van der Waals surface area contributed by atoms with Crippen LogP contribution in [0.5, 0.6) is 0 Å². The third-order valence-electron chi connectivity index (χ3n) is 1.67. The van der Waals surface area contributed by atoms with Gasteiger partial charge in [-0.25, -0.2) is 0 Å². The van der Waals surface area contributed by atoms with Gasteiger partial charge in [-0.05, 0) is 24.1 Å². The second-order valence-electron chi connectivity index (χ2n) is 3.00. The van der Waals surface area contributed by atoms with Crippen LogP contribution in [-0.4, -0.2) is 6.18 Å². The highest BCUT2D eigenvalue weighted by atomic mass is 35.5. The molecule has 1 rings (SSSR count). The molecular formula is C9H7Cl2F3. The summed E-state index contributed by atoms with van der Waals surface area (Å²) in [6.07, 6.45) is -5.20. The molecule has 0 fully saturated rings. The van der Waals surface area contributed by atoms with Gasteiger partial charge in [0.2, 0.25) is 0 Å². The van der Waals surface area contributed by atoms with Crippen LogP contribution in [0.15, 0.2) is 12.1 Å². The predicted molar refractivity (Wildman–Crippen MR) is 51.0 cm³/mol. The molecule has 78 valence electrons. The van der Waals surface area contributed by atoms with Gasteiger partial charge >= 0.3 is 6.18 Å². The number of alkyl halides is 3. The molecule has 0 nitrogen and oxygen atoms in total. The molecule has 0 saturated heterocycles. The van der Waals surface area contributed by atoms with Crippen LogP contribution in [0.3, 0.4) is 0 Å². The molecule has 1 aromatic rings. The van der Waals surface area contributed by atoms with Gasteiger partial charge in [-0.1, -0.05) is 29.3 Å². The largest absolute Gasteiger partial charge is 0.393 e. The fourth-order valence-electron chi connectivity index (χ4n) is 1.13. The van der Waals surface area contributed by atoms with Crippen molar-refractivity contribution in [3.63, 3.8) is 0 Å². The van der Waals surface area contributed by atoms with E-state index in [-0.39, 0.29) is 10.6 Å². The van der Waals surface area contributed by atoms with Gasteiger partial charge in [0, 0.05) is 0 Å². The molecule has 0 N–H and O–H groups in total. The number of hydrogen-bond donors (Lipinski definition) is 0. The van der Waals surface area contributed by atoms with E-state index in [1.54, 1.807) is 6.92 Å². The van der Waals surface area contributed by atoms with Crippen molar-refractivity contribution in [1.82, 2.24) is 0 Å². The molecule has 0 heterocycles. The van der Waals surface area contributed by atoms with Gasteiger partial charge in [0.1, 0.15) is 0 Å². The highest BCUT2D eigenvalue weighted by molar-refractivity contribution is 6.42. The first kappa shape index (κ1) is 11.7. The molecule has 0 spiro atoms. The van der Waals surface area contributed by atoms with Gasteiger partial charge < -0.3 is 0 Å². The highest BCUT2D eigenvalue weighted by Gasteiger charge is 2.27. The van der Waals surface area contributed by atoms with E-state index < -0.39 is 12.6 Å². The van der Waals surface area contributed by atoms with Crippen LogP contribution in [0, 0.1) is 6.92 Å². The van der Waals surface area contributed by atoms with Gasteiger partial charge in [-0.2, -0.15) is 13.2 Å². The fraction of sp³-hybridized carbons (Fsp3) is 0.333. The van der Waals surface area contributed by atoms with Crippen LogP contribution < -0.4 is 0 Å². The van der Waals surface area contributed by atoms with Crippen LogP contribution in [0.25, 0.3) is 0 Å². The predicted octanol–water partition coefficient (Wildman–Crippen LogP) is 4.41. The van der Waals surface area contributed by atoms with E-state index in [1.807, 2.05) is 0 Å². The Bertz CT molecular complexity index is 321. The molecule has 0 saturated carbocycles. The van der Waals surface area contributed by atoms with E-state index in [9.17, 15) is 13.2 Å². The average Bonchev–Trinajstić information content (AvgIpc) is 1.96. The Morgan fingerprint density at radius 1 is 1.21 bits per heavy atom. The van der Waals surface area contributed by atoms with E-state index >= 15 is 0 Å². The lowest BCUT2D eigenvalue weighted by atomic mass is 10.1. The first-order chi connectivity index (χ1) is 6.29. The van der Waals surface area contributed by atoms with Crippen molar-refractivity contribution in [3.8, 4) is 0 Å². The molecule has 0 amide bonds. The zero-order chi connectivity index (χ0) is 10.9. The van der Waals surface area contributed by atoms with Crippen molar-refractivity contribution in [2.75, 3.05) is 0 Å². The lowest BCUT2D eigenvalue weighted by molar-refractivity contribution is -0.127. The summed E-state index contributed by atoms with van der Waals surface area (Å²) in [5.74, 6) is 0. The van der Waals surface area contributed by atoms with Crippen molar-refractivity contribution in [2.24, 2.45) is 0 Å². The maximum Gasteiger partial charge on any atom is 0.393 e. The van der Waals surface area contributed by atoms with E-state index in [2.05, 4.69) is 0 Å². The summed E-state index contributed by atoms with van der Waals surface area (Å²) in [6.45, 7) is 1.62. The maximum absolute atomic E-state index is 12.0. The number of aryl methyl sites for hydroxylation is 1. The van der Waals surface area contributed by atoms with E-state index in [0.29, 0.717) is 10.6 Å². The van der Waals surface area contributed by atoms with E-state index in [1.165, 1.54) is 12.1 Å². The molecule has 0 bridgehead atoms. The summed E-state index contributed by atoms with van der Waals surface area (Å²) in [5, 5.41) is 0.462. The molecule has 0 aliphatic rings. The fourth-order valence-corrected chi connectivity index (χ4v) is 1.53. The van der Waals surface area contributed by atoms with Crippen molar-refractivity contribution >= 4 is 23.2 Å². The smallest absolute Gasteiger partial charge is 0.171 e. The third kappa shape index (κ3) is 3.07. The van der Waals surface area contributed by atoms with Crippen molar-refractivity contribution in [2.45, 2.75) is 19.5 Å². The number of benzene rings is 1. The number of halogens is 5. The highest BCUT2D eigenvalue weighted by Crippen LogP contribution is 2.30. The minimum Gasteiger partial charge on any atom is -0.171 e. The molecule has 0 aromatic heterocycles. The quantitative estimate of drug-likeness (QED) is 0.685. The molecular weight excluding hydrogens is 236 g/mol. The second kappa shape index (κ2) is 3.99. The first-order valence-corrected chi connectivity index (χ1v) is 4.56. The summed E-state index contributed by atoms with van der Waals surface area (Å²) in [7, 11) is 0. The monoisotopic (exact) mass is 242 g/mol. The summed E-state index contributed by atoms with van der Waals surface area (Å²) in [5.41, 5.74) is 0.683. The lowest BCUT2D eigenvalue weighted by Gasteiger charge is -2.09. The molecule has 0 aliphatic heterocycles. The summed E-state index contributed by atoms with van der Waals surface area (Å²) < 4.78 is 36.1. The molecule has 0 aliphatic carbocycles. The van der Waals surface area contributed by atoms with Gasteiger partial charge in [0.25, 0.3) is 0 Å². The Labute approximate surface area is 89.6 Å². The Balaban J connectivity index is 3.02. The molecule has 5 heteroatoms. The lowest BCUT2D eigenvalue weighted by Crippen LogP contribution is -2.11. The Morgan fingerprint density at radius 2 is 1.79 bits per heavy atom. The second-order valence-corrected chi connectivity index (χ2v) is 3.79. The summed E-state index contributed by atoms with van der Waals surface area (Å²) >= 11 is 11.4. The zero-order valence-corrected chi connectivity index (χ0v) is 8.76. The minimum atomic E-state index is -4.22. The standard InChI is InChI=1S/C9H7Cl2F3/c1-5-2-6(4-9(12,13)14)3-7(10)8(5)11/h2-3H,4H2,1H3. The van der Waals surface area contributed by atoms with Gasteiger partial charge in [-0.3, -0.25) is 0 Å². The third-order valence-corrected chi connectivity index (χ3v) is 2.57. The van der Waals surface area contributed by atoms with Gasteiger partial charge in [0.15, 0.2) is 0 Å². The average molecular weight is 243 g/mol. The molecule has 0 unspecified atom stereocenters.